The van der Waals surface area contributed by atoms with Gasteiger partial charge < -0.3 is 10.1 Å². The number of sulfonamides is 1. The number of halogens is 1. The topological polar surface area (TPSA) is 84.5 Å². The van der Waals surface area contributed by atoms with Crippen molar-refractivity contribution < 1.29 is 22.3 Å². The van der Waals surface area contributed by atoms with Gasteiger partial charge in [-0.3, -0.25) is 9.52 Å². The Morgan fingerprint density at radius 2 is 1.69 bits per heavy atom. The third-order valence-corrected chi connectivity index (χ3v) is 5.51. The molecule has 0 aliphatic carbocycles. The number of ether oxygens (including phenoxy) is 1. The minimum Gasteiger partial charge on any atom is -0.497 e. The summed E-state index contributed by atoms with van der Waals surface area (Å²) in [5.74, 6) is -0.165. The first kappa shape index (κ1) is 20.3. The van der Waals surface area contributed by atoms with E-state index in [0.29, 0.717) is 22.6 Å². The van der Waals surface area contributed by atoms with Crippen molar-refractivity contribution in [3.63, 3.8) is 0 Å². The molecule has 3 aromatic carbocycles. The van der Waals surface area contributed by atoms with E-state index in [-0.39, 0.29) is 23.2 Å². The molecule has 0 atom stereocenters. The van der Waals surface area contributed by atoms with Gasteiger partial charge in [-0.1, -0.05) is 12.1 Å². The first-order chi connectivity index (χ1) is 13.9. The molecule has 0 bridgehead atoms. The Balaban J connectivity index is 1.63. The summed E-state index contributed by atoms with van der Waals surface area (Å²) in [6, 6.07) is 18.0. The van der Waals surface area contributed by atoms with Crippen LogP contribution < -0.4 is 14.8 Å². The zero-order chi connectivity index (χ0) is 20.9. The molecular formula is C21H19FN2O4S. The Bertz CT molecular complexity index is 1100. The van der Waals surface area contributed by atoms with Crippen molar-refractivity contribution in [2.75, 3.05) is 11.8 Å². The fraction of sp³-hybridized carbons (Fsp3) is 0.0952. The number of anilines is 1. The minimum atomic E-state index is -3.76. The van der Waals surface area contributed by atoms with Gasteiger partial charge >= 0.3 is 0 Å². The maximum atomic E-state index is 13.2. The second kappa shape index (κ2) is 8.74. The SMILES string of the molecule is COc1ccc(S(=O)(=O)Nc2ccc(C(=O)NCc3cccc(F)c3)cc2)cc1. The Labute approximate surface area is 168 Å². The number of methoxy groups -OCH3 is 1. The molecule has 0 aromatic heterocycles. The molecule has 0 radical (unpaired) electrons. The fourth-order valence-electron chi connectivity index (χ4n) is 2.59. The molecule has 0 spiro atoms. The molecular weight excluding hydrogens is 395 g/mol. The molecule has 150 valence electrons. The highest BCUT2D eigenvalue weighted by molar-refractivity contribution is 7.92. The molecule has 0 fully saturated rings. The lowest BCUT2D eigenvalue weighted by atomic mass is 10.2. The van der Waals surface area contributed by atoms with E-state index in [0.717, 1.165) is 0 Å². The van der Waals surface area contributed by atoms with Gasteiger partial charge in [0.1, 0.15) is 11.6 Å². The molecule has 2 N–H and O–H groups in total. The molecule has 29 heavy (non-hydrogen) atoms. The second-order valence-corrected chi connectivity index (χ2v) is 7.85. The van der Waals surface area contributed by atoms with Crippen LogP contribution in [0.1, 0.15) is 15.9 Å². The van der Waals surface area contributed by atoms with Crippen LogP contribution in [0.2, 0.25) is 0 Å². The Hall–Kier alpha value is -3.39. The van der Waals surface area contributed by atoms with Crippen LogP contribution in [0.4, 0.5) is 10.1 Å². The molecule has 6 nitrogen and oxygen atoms in total. The van der Waals surface area contributed by atoms with E-state index in [1.807, 2.05) is 0 Å². The lowest BCUT2D eigenvalue weighted by molar-refractivity contribution is 0.0951. The van der Waals surface area contributed by atoms with Crippen LogP contribution in [-0.2, 0) is 16.6 Å². The molecule has 0 saturated heterocycles. The van der Waals surface area contributed by atoms with Crippen molar-refractivity contribution in [1.29, 1.82) is 0 Å². The molecule has 1 amide bonds. The van der Waals surface area contributed by atoms with Gasteiger partial charge in [0, 0.05) is 17.8 Å². The molecule has 0 aliphatic heterocycles. The lowest BCUT2D eigenvalue weighted by Gasteiger charge is -2.10. The number of hydrogen-bond acceptors (Lipinski definition) is 4. The first-order valence-electron chi connectivity index (χ1n) is 8.67. The van der Waals surface area contributed by atoms with E-state index < -0.39 is 10.0 Å². The van der Waals surface area contributed by atoms with Gasteiger partial charge in [0.2, 0.25) is 0 Å². The van der Waals surface area contributed by atoms with Gasteiger partial charge in [0.05, 0.1) is 12.0 Å². The first-order valence-corrected chi connectivity index (χ1v) is 10.2. The number of hydrogen-bond donors (Lipinski definition) is 2. The van der Waals surface area contributed by atoms with Crippen molar-refractivity contribution in [2.45, 2.75) is 11.4 Å². The van der Waals surface area contributed by atoms with Crippen LogP contribution in [0.25, 0.3) is 0 Å². The quantitative estimate of drug-likeness (QED) is 0.619. The monoisotopic (exact) mass is 414 g/mol. The molecule has 3 rings (SSSR count). The highest BCUT2D eigenvalue weighted by Crippen LogP contribution is 2.19. The van der Waals surface area contributed by atoms with Crippen molar-refractivity contribution in [3.8, 4) is 5.75 Å². The van der Waals surface area contributed by atoms with Crippen LogP contribution >= 0.6 is 0 Å². The van der Waals surface area contributed by atoms with Crippen molar-refractivity contribution in [3.05, 3.63) is 89.7 Å². The zero-order valence-electron chi connectivity index (χ0n) is 15.6. The minimum absolute atomic E-state index is 0.0928. The summed E-state index contributed by atoms with van der Waals surface area (Å²) in [7, 11) is -2.27. The summed E-state index contributed by atoms with van der Waals surface area (Å²) >= 11 is 0. The second-order valence-electron chi connectivity index (χ2n) is 6.17. The average molecular weight is 414 g/mol. The standard InChI is InChI=1S/C21H19FN2O4S/c1-28-19-9-11-20(12-10-19)29(26,27)24-18-7-5-16(6-8-18)21(25)23-14-15-3-2-4-17(22)13-15/h2-13,24H,14H2,1H3,(H,23,25). The number of nitrogens with one attached hydrogen (secondary N) is 2. The molecule has 3 aromatic rings. The van der Waals surface area contributed by atoms with E-state index in [1.54, 1.807) is 24.3 Å². The normalized spacial score (nSPS) is 11.0. The van der Waals surface area contributed by atoms with Crippen molar-refractivity contribution >= 4 is 21.6 Å². The summed E-state index contributed by atoms with van der Waals surface area (Å²) in [6.07, 6.45) is 0. The number of carbonyl (C=O) groups is 1. The number of rotatable bonds is 7. The summed E-state index contributed by atoms with van der Waals surface area (Å²) in [6.45, 7) is 0.183. The fourth-order valence-corrected chi connectivity index (χ4v) is 3.65. The average Bonchev–Trinajstić information content (AvgIpc) is 2.72. The number of carbonyl (C=O) groups excluding carboxylic acids is 1. The molecule has 8 heteroatoms. The van der Waals surface area contributed by atoms with Crippen LogP contribution in [0.3, 0.4) is 0 Å². The zero-order valence-corrected chi connectivity index (χ0v) is 16.4. The molecule has 0 aliphatic rings. The lowest BCUT2D eigenvalue weighted by Crippen LogP contribution is -2.22. The predicted octanol–water partition coefficient (Wildman–Crippen LogP) is 3.57. The van der Waals surface area contributed by atoms with Gasteiger partial charge in [-0.05, 0) is 66.2 Å². The van der Waals surface area contributed by atoms with Crippen molar-refractivity contribution in [1.82, 2.24) is 5.32 Å². The van der Waals surface area contributed by atoms with Crippen LogP contribution in [0.15, 0.2) is 77.7 Å². The number of benzene rings is 3. The highest BCUT2D eigenvalue weighted by atomic mass is 32.2. The van der Waals surface area contributed by atoms with Gasteiger partial charge in [-0.15, -0.1) is 0 Å². The summed E-state index contributed by atoms with van der Waals surface area (Å²) < 4.78 is 45.5. The van der Waals surface area contributed by atoms with Gasteiger partial charge in [-0.25, -0.2) is 12.8 Å². The summed E-state index contributed by atoms with van der Waals surface area (Å²) in [4.78, 5) is 12.3. The third-order valence-electron chi connectivity index (χ3n) is 4.11. The van der Waals surface area contributed by atoms with Crippen LogP contribution in [0, 0.1) is 5.82 Å². The van der Waals surface area contributed by atoms with E-state index >= 15 is 0 Å². The Morgan fingerprint density at radius 1 is 1.00 bits per heavy atom. The maximum Gasteiger partial charge on any atom is 0.261 e. The highest BCUT2D eigenvalue weighted by Gasteiger charge is 2.14. The van der Waals surface area contributed by atoms with E-state index in [4.69, 9.17) is 4.74 Å². The van der Waals surface area contributed by atoms with Gasteiger partial charge in [-0.2, -0.15) is 0 Å². The summed E-state index contributed by atoms with van der Waals surface area (Å²) in [5.41, 5.74) is 1.32. The van der Waals surface area contributed by atoms with Gasteiger partial charge in [0.25, 0.3) is 15.9 Å². The predicted molar refractivity (Wildman–Crippen MR) is 108 cm³/mol. The molecule has 0 heterocycles. The van der Waals surface area contributed by atoms with E-state index in [1.165, 1.54) is 55.6 Å². The number of amides is 1. The molecule has 0 saturated carbocycles. The molecule has 0 unspecified atom stereocenters. The van der Waals surface area contributed by atoms with E-state index in [2.05, 4.69) is 10.0 Å². The Morgan fingerprint density at radius 3 is 2.31 bits per heavy atom. The van der Waals surface area contributed by atoms with Gasteiger partial charge in [0.15, 0.2) is 0 Å². The van der Waals surface area contributed by atoms with Crippen LogP contribution in [-0.4, -0.2) is 21.4 Å². The maximum absolute atomic E-state index is 13.2. The Kier molecular flexibility index (Phi) is 6.13. The van der Waals surface area contributed by atoms with Crippen LogP contribution in [0.5, 0.6) is 5.75 Å². The smallest absolute Gasteiger partial charge is 0.261 e. The van der Waals surface area contributed by atoms with E-state index in [9.17, 15) is 17.6 Å². The third kappa shape index (κ3) is 5.32. The largest absolute Gasteiger partial charge is 0.497 e. The van der Waals surface area contributed by atoms with Crippen molar-refractivity contribution in [2.24, 2.45) is 0 Å². The summed E-state index contributed by atoms with van der Waals surface area (Å²) in [5, 5.41) is 2.69.